The van der Waals surface area contributed by atoms with Crippen LogP contribution in [0.3, 0.4) is 0 Å². The fraction of sp³-hybridized carbons (Fsp3) is 0.240. The molecule has 3 rings (SSSR count). The molecule has 0 saturated heterocycles. The lowest BCUT2D eigenvalue weighted by atomic mass is 10.1. The van der Waals surface area contributed by atoms with Crippen molar-refractivity contribution in [3.05, 3.63) is 88.5 Å². The Balaban J connectivity index is 1.99. The van der Waals surface area contributed by atoms with Crippen LogP contribution in [0.15, 0.2) is 65.6 Å². The molecule has 0 aliphatic heterocycles. The fourth-order valence-electron chi connectivity index (χ4n) is 3.22. The monoisotopic (exact) mass is 436 g/mol. The van der Waals surface area contributed by atoms with Crippen molar-refractivity contribution >= 4 is 27.3 Å². The molecule has 0 unspecified atom stereocenters. The molecule has 0 aromatic heterocycles. The molecule has 0 heterocycles. The SMILES string of the molecule is Cc1ccc(S(=O)(=O)N(CC(=O)Nc2cc(C)ccc2C)c2ccc(C)c(C)c2)cc1. The van der Waals surface area contributed by atoms with Crippen LogP contribution in [0.2, 0.25) is 0 Å². The molecule has 6 heteroatoms. The number of aryl methyl sites for hydroxylation is 5. The molecule has 31 heavy (non-hydrogen) atoms. The Bertz CT molecular complexity index is 1220. The van der Waals surface area contributed by atoms with Crippen molar-refractivity contribution in [1.82, 2.24) is 0 Å². The average molecular weight is 437 g/mol. The topological polar surface area (TPSA) is 66.5 Å². The maximum Gasteiger partial charge on any atom is 0.264 e. The standard InChI is InChI=1S/C25H28N2O3S/c1-17-7-12-23(13-8-17)31(29,30)27(22-11-10-19(3)21(5)15-22)16-25(28)26-24-14-18(2)6-9-20(24)4/h6-15H,16H2,1-5H3,(H,26,28). The third kappa shape index (κ3) is 5.14. The largest absolute Gasteiger partial charge is 0.324 e. The molecule has 0 fully saturated rings. The summed E-state index contributed by atoms with van der Waals surface area (Å²) in [5.74, 6) is -0.400. The second-order valence-electron chi connectivity index (χ2n) is 7.96. The molecule has 5 nitrogen and oxygen atoms in total. The van der Waals surface area contributed by atoms with E-state index in [1.54, 1.807) is 36.4 Å². The first kappa shape index (κ1) is 22.6. The molecule has 0 atom stereocenters. The lowest BCUT2D eigenvalue weighted by Gasteiger charge is -2.25. The summed E-state index contributed by atoms with van der Waals surface area (Å²) in [6, 6.07) is 17.8. The third-order valence-corrected chi connectivity index (χ3v) is 7.13. The smallest absolute Gasteiger partial charge is 0.264 e. The number of benzene rings is 3. The normalized spacial score (nSPS) is 11.3. The van der Waals surface area contributed by atoms with E-state index in [-0.39, 0.29) is 11.4 Å². The highest BCUT2D eigenvalue weighted by Crippen LogP contribution is 2.26. The molecule has 1 amide bonds. The minimum Gasteiger partial charge on any atom is -0.324 e. The number of rotatable bonds is 6. The van der Waals surface area contributed by atoms with Gasteiger partial charge < -0.3 is 5.32 Å². The van der Waals surface area contributed by atoms with Crippen molar-refractivity contribution < 1.29 is 13.2 Å². The van der Waals surface area contributed by atoms with Gasteiger partial charge in [-0.05, 0) is 87.2 Å². The van der Waals surface area contributed by atoms with E-state index in [1.807, 2.05) is 58.9 Å². The van der Waals surface area contributed by atoms with E-state index in [1.165, 1.54) is 4.31 Å². The van der Waals surface area contributed by atoms with Crippen LogP contribution in [-0.2, 0) is 14.8 Å². The maximum atomic E-state index is 13.5. The summed E-state index contributed by atoms with van der Waals surface area (Å²) in [6.07, 6.45) is 0. The number of nitrogens with zero attached hydrogens (tertiary/aromatic N) is 1. The number of anilines is 2. The van der Waals surface area contributed by atoms with Crippen LogP contribution in [0, 0.1) is 34.6 Å². The summed E-state index contributed by atoms with van der Waals surface area (Å²) in [5.41, 5.74) is 6.03. The fourth-order valence-corrected chi connectivity index (χ4v) is 4.64. The van der Waals surface area contributed by atoms with E-state index in [0.717, 1.165) is 27.8 Å². The second-order valence-corrected chi connectivity index (χ2v) is 9.82. The second kappa shape index (κ2) is 8.94. The van der Waals surface area contributed by atoms with Gasteiger partial charge in [0, 0.05) is 5.69 Å². The average Bonchev–Trinajstić information content (AvgIpc) is 2.71. The molecular weight excluding hydrogens is 408 g/mol. The molecule has 0 radical (unpaired) electrons. The van der Waals surface area contributed by atoms with Gasteiger partial charge in [-0.15, -0.1) is 0 Å². The highest BCUT2D eigenvalue weighted by Gasteiger charge is 2.27. The quantitative estimate of drug-likeness (QED) is 0.587. The van der Waals surface area contributed by atoms with Crippen molar-refractivity contribution in [2.24, 2.45) is 0 Å². The van der Waals surface area contributed by atoms with E-state index in [0.29, 0.717) is 11.4 Å². The first-order valence-electron chi connectivity index (χ1n) is 10.1. The molecule has 162 valence electrons. The number of nitrogens with one attached hydrogen (secondary N) is 1. The van der Waals surface area contributed by atoms with Gasteiger partial charge in [-0.3, -0.25) is 9.10 Å². The van der Waals surface area contributed by atoms with Crippen LogP contribution in [0.4, 0.5) is 11.4 Å². The molecule has 0 aliphatic carbocycles. The van der Waals surface area contributed by atoms with Crippen molar-refractivity contribution in [3.63, 3.8) is 0 Å². The van der Waals surface area contributed by atoms with Gasteiger partial charge in [0.05, 0.1) is 10.6 Å². The third-order valence-electron chi connectivity index (χ3n) is 5.34. The lowest BCUT2D eigenvalue weighted by Crippen LogP contribution is -2.38. The Morgan fingerprint density at radius 1 is 0.774 bits per heavy atom. The van der Waals surface area contributed by atoms with Crippen LogP contribution in [0.25, 0.3) is 0 Å². The van der Waals surface area contributed by atoms with E-state index < -0.39 is 15.9 Å². The summed E-state index contributed by atoms with van der Waals surface area (Å²) >= 11 is 0. The van der Waals surface area contributed by atoms with Crippen molar-refractivity contribution in [1.29, 1.82) is 0 Å². The summed E-state index contributed by atoms with van der Waals surface area (Å²) in [7, 11) is -3.93. The van der Waals surface area contributed by atoms with Crippen LogP contribution < -0.4 is 9.62 Å². The maximum absolute atomic E-state index is 13.5. The van der Waals surface area contributed by atoms with Crippen LogP contribution >= 0.6 is 0 Å². The predicted octanol–water partition coefficient (Wildman–Crippen LogP) is 5.06. The Labute approximate surface area is 184 Å². The van der Waals surface area contributed by atoms with Gasteiger partial charge >= 0.3 is 0 Å². The number of hydrogen-bond donors (Lipinski definition) is 1. The number of carbonyl (C=O) groups is 1. The van der Waals surface area contributed by atoms with Gasteiger partial charge in [-0.25, -0.2) is 8.42 Å². The summed E-state index contributed by atoms with van der Waals surface area (Å²) < 4.78 is 28.2. The number of amides is 1. The van der Waals surface area contributed by atoms with E-state index >= 15 is 0 Å². The molecule has 3 aromatic carbocycles. The molecule has 1 N–H and O–H groups in total. The first-order chi connectivity index (χ1) is 14.6. The van der Waals surface area contributed by atoms with Crippen molar-refractivity contribution in [3.8, 4) is 0 Å². The van der Waals surface area contributed by atoms with Crippen LogP contribution in [0.1, 0.15) is 27.8 Å². The van der Waals surface area contributed by atoms with Crippen LogP contribution in [-0.4, -0.2) is 20.9 Å². The Morgan fingerprint density at radius 3 is 2.03 bits per heavy atom. The lowest BCUT2D eigenvalue weighted by molar-refractivity contribution is -0.114. The molecule has 3 aromatic rings. The number of carbonyl (C=O) groups excluding carboxylic acids is 1. The predicted molar refractivity (Wildman–Crippen MR) is 126 cm³/mol. The van der Waals surface area contributed by atoms with Gasteiger partial charge in [0.25, 0.3) is 10.0 Å². The van der Waals surface area contributed by atoms with E-state index in [9.17, 15) is 13.2 Å². The van der Waals surface area contributed by atoms with Gasteiger partial charge in [-0.2, -0.15) is 0 Å². The number of sulfonamides is 1. The summed E-state index contributed by atoms with van der Waals surface area (Å²) in [5, 5.41) is 2.86. The number of hydrogen-bond acceptors (Lipinski definition) is 3. The van der Waals surface area contributed by atoms with Crippen molar-refractivity contribution in [2.75, 3.05) is 16.2 Å². The van der Waals surface area contributed by atoms with Crippen LogP contribution in [0.5, 0.6) is 0 Å². The molecule has 0 aliphatic rings. The van der Waals surface area contributed by atoms with Gasteiger partial charge in [0.1, 0.15) is 6.54 Å². The minimum absolute atomic E-state index is 0.149. The zero-order valence-corrected chi connectivity index (χ0v) is 19.4. The highest BCUT2D eigenvalue weighted by molar-refractivity contribution is 7.92. The Hall–Kier alpha value is -3.12. The minimum atomic E-state index is -3.93. The Kier molecular flexibility index (Phi) is 6.51. The molecule has 0 spiro atoms. The zero-order chi connectivity index (χ0) is 22.8. The van der Waals surface area contributed by atoms with Gasteiger partial charge in [0.15, 0.2) is 0 Å². The Morgan fingerprint density at radius 2 is 1.39 bits per heavy atom. The molecule has 0 saturated carbocycles. The summed E-state index contributed by atoms with van der Waals surface area (Å²) in [6.45, 7) is 9.30. The molecule has 0 bridgehead atoms. The zero-order valence-electron chi connectivity index (χ0n) is 18.6. The van der Waals surface area contributed by atoms with Gasteiger partial charge in [0.2, 0.25) is 5.91 Å². The van der Waals surface area contributed by atoms with Gasteiger partial charge in [-0.1, -0.05) is 35.9 Å². The van der Waals surface area contributed by atoms with E-state index in [4.69, 9.17) is 0 Å². The van der Waals surface area contributed by atoms with Crippen molar-refractivity contribution in [2.45, 2.75) is 39.5 Å². The molecular formula is C25H28N2O3S. The van der Waals surface area contributed by atoms with E-state index in [2.05, 4.69) is 5.32 Å². The first-order valence-corrected chi connectivity index (χ1v) is 11.6. The summed E-state index contributed by atoms with van der Waals surface area (Å²) in [4.78, 5) is 13.1. The highest BCUT2D eigenvalue weighted by atomic mass is 32.2.